The third-order valence-electron chi connectivity index (χ3n) is 6.33. The zero-order valence-electron chi connectivity index (χ0n) is 20.3. The fourth-order valence-corrected chi connectivity index (χ4v) is 4.65. The first kappa shape index (κ1) is 25.3. The lowest BCUT2D eigenvalue weighted by Gasteiger charge is -2.29. The Morgan fingerprint density at radius 3 is 2.38 bits per heavy atom. The lowest BCUT2D eigenvalue weighted by atomic mass is 9.95. The molecule has 1 N–H and O–H groups in total. The van der Waals surface area contributed by atoms with E-state index in [0.717, 1.165) is 43.4 Å². The van der Waals surface area contributed by atoms with E-state index in [2.05, 4.69) is 0 Å². The number of ether oxygens (including phenoxy) is 5. The molecule has 2 aliphatic heterocycles. The second kappa shape index (κ2) is 12.2. The van der Waals surface area contributed by atoms with Crippen molar-refractivity contribution in [3.63, 3.8) is 0 Å². The lowest BCUT2D eigenvalue weighted by Crippen LogP contribution is -2.40. The van der Waals surface area contributed by atoms with E-state index in [9.17, 15) is 5.11 Å². The number of aliphatic hydroxyl groups is 1. The van der Waals surface area contributed by atoms with Crippen LogP contribution in [0.15, 0.2) is 60.7 Å². The summed E-state index contributed by atoms with van der Waals surface area (Å²) < 4.78 is 30.4. The first-order valence-corrected chi connectivity index (χ1v) is 12.5. The summed E-state index contributed by atoms with van der Waals surface area (Å²) in [6, 6.07) is 20.1. The Bertz CT molecular complexity index is 836. The minimum atomic E-state index is -0.814. The summed E-state index contributed by atoms with van der Waals surface area (Å²) in [6.07, 6.45) is 2.30. The Morgan fingerprint density at radius 1 is 0.971 bits per heavy atom. The molecule has 0 aromatic heterocycles. The largest absolute Gasteiger partial charge is 0.390 e. The molecule has 34 heavy (non-hydrogen) atoms. The Hall–Kier alpha value is -1.80. The van der Waals surface area contributed by atoms with E-state index in [1.165, 1.54) is 0 Å². The van der Waals surface area contributed by atoms with Crippen molar-refractivity contribution in [3.8, 4) is 0 Å². The van der Waals surface area contributed by atoms with Crippen LogP contribution in [0.5, 0.6) is 0 Å². The first-order chi connectivity index (χ1) is 16.5. The zero-order chi connectivity index (χ0) is 23.8. The molecule has 2 aliphatic rings. The number of hydrogen-bond donors (Lipinski definition) is 1. The fourth-order valence-electron chi connectivity index (χ4n) is 4.65. The maximum absolute atomic E-state index is 11.1. The minimum Gasteiger partial charge on any atom is -0.390 e. The van der Waals surface area contributed by atoms with Gasteiger partial charge < -0.3 is 28.8 Å². The van der Waals surface area contributed by atoms with Gasteiger partial charge in [-0.15, -0.1) is 0 Å². The van der Waals surface area contributed by atoms with Crippen molar-refractivity contribution in [3.05, 3.63) is 71.8 Å². The molecule has 0 aliphatic carbocycles. The van der Waals surface area contributed by atoms with Crippen molar-refractivity contribution in [2.45, 2.75) is 89.1 Å². The predicted octanol–water partition coefficient (Wildman–Crippen LogP) is 5.15. The predicted molar refractivity (Wildman–Crippen MR) is 129 cm³/mol. The summed E-state index contributed by atoms with van der Waals surface area (Å²) in [5, 5.41) is 11.1. The standard InChI is InChI=1S/C28H38O6/c1-28(2)33-26(23(29)16-11-19-31-24-17-9-10-18-30-24)27(34-28)25(22-14-7-4-8-15-22)32-20-21-12-5-3-6-13-21/h3-8,12-15,23-27,29H,9-11,16-20H2,1-2H3/t23-,24?,25+,26-,27+/m1/s1. The van der Waals surface area contributed by atoms with Crippen LogP contribution < -0.4 is 0 Å². The van der Waals surface area contributed by atoms with Crippen LogP contribution in [0, 0.1) is 0 Å². The van der Waals surface area contributed by atoms with Crippen molar-refractivity contribution < 1.29 is 28.8 Å². The maximum atomic E-state index is 11.1. The monoisotopic (exact) mass is 470 g/mol. The highest BCUT2D eigenvalue weighted by molar-refractivity contribution is 5.21. The van der Waals surface area contributed by atoms with Crippen LogP contribution in [0.2, 0.25) is 0 Å². The Morgan fingerprint density at radius 2 is 1.68 bits per heavy atom. The van der Waals surface area contributed by atoms with Gasteiger partial charge in [0.15, 0.2) is 12.1 Å². The van der Waals surface area contributed by atoms with Crippen LogP contribution in [0.4, 0.5) is 0 Å². The number of rotatable bonds is 11. The summed E-state index contributed by atoms with van der Waals surface area (Å²) in [5.41, 5.74) is 2.08. The molecule has 0 amide bonds. The van der Waals surface area contributed by atoms with Gasteiger partial charge in [0.05, 0.1) is 12.7 Å². The van der Waals surface area contributed by atoms with Crippen molar-refractivity contribution >= 4 is 0 Å². The lowest BCUT2D eigenvalue weighted by molar-refractivity contribution is -0.167. The summed E-state index contributed by atoms with van der Waals surface area (Å²) in [4.78, 5) is 0. The molecule has 186 valence electrons. The highest BCUT2D eigenvalue weighted by atomic mass is 16.8. The van der Waals surface area contributed by atoms with Gasteiger partial charge in [-0.1, -0.05) is 60.7 Å². The third kappa shape index (κ3) is 7.11. The average Bonchev–Trinajstić information content (AvgIpc) is 3.19. The van der Waals surface area contributed by atoms with Gasteiger partial charge in [0, 0.05) is 13.2 Å². The Kier molecular flexibility index (Phi) is 9.11. The molecule has 5 atom stereocenters. The molecule has 1 unspecified atom stereocenters. The van der Waals surface area contributed by atoms with Crippen molar-refractivity contribution in [1.82, 2.24) is 0 Å². The zero-order valence-corrected chi connectivity index (χ0v) is 20.3. The number of aliphatic hydroxyl groups excluding tert-OH is 1. The van der Waals surface area contributed by atoms with Crippen molar-refractivity contribution in [2.24, 2.45) is 0 Å². The summed E-state index contributed by atoms with van der Waals surface area (Å²) in [6.45, 7) is 5.53. The average molecular weight is 471 g/mol. The van der Waals surface area contributed by atoms with Crippen LogP contribution in [0.1, 0.15) is 63.2 Å². The van der Waals surface area contributed by atoms with Crippen LogP contribution in [-0.4, -0.2) is 48.7 Å². The van der Waals surface area contributed by atoms with Gasteiger partial charge in [-0.05, 0) is 57.1 Å². The van der Waals surface area contributed by atoms with E-state index in [4.69, 9.17) is 23.7 Å². The van der Waals surface area contributed by atoms with Gasteiger partial charge in [0.25, 0.3) is 0 Å². The van der Waals surface area contributed by atoms with Gasteiger partial charge in [0.2, 0.25) is 0 Å². The smallest absolute Gasteiger partial charge is 0.164 e. The summed E-state index contributed by atoms with van der Waals surface area (Å²) in [7, 11) is 0. The normalized spacial score (nSPS) is 26.3. The molecule has 0 saturated carbocycles. The second-order valence-corrected chi connectivity index (χ2v) is 9.57. The van der Waals surface area contributed by atoms with E-state index < -0.39 is 24.1 Å². The molecule has 2 aromatic rings. The second-order valence-electron chi connectivity index (χ2n) is 9.57. The number of hydrogen-bond acceptors (Lipinski definition) is 6. The van der Waals surface area contributed by atoms with E-state index >= 15 is 0 Å². The molecule has 0 bridgehead atoms. The van der Waals surface area contributed by atoms with Gasteiger partial charge in [-0.2, -0.15) is 0 Å². The highest BCUT2D eigenvalue weighted by Crippen LogP contribution is 2.39. The molecular formula is C28H38O6. The SMILES string of the molecule is CC1(C)O[C@@H]([C@@H](OCc2ccccc2)c2ccccc2)[C@@H]([C@H](O)CCCOC2CCCCO2)O1. The van der Waals surface area contributed by atoms with Crippen LogP contribution >= 0.6 is 0 Å². The summed E-state index contributed by atoms with van der Waals surface area (Å²) >= 11 is 0. The molecular weight excluding hydrogens is 432 g/mol. The van der Waals surface area contributed by atoms with Gasteiger partial charge in [-0.25, -0.2) is 0 Å². The molecule has 4 rings (SSSR count). The minimum absolute atomic E-state index is 0.113. The van der Waals surface area contributed by atoms with Gasteiger partial charge >= 0.3 is 0 Å². The van der Waals surface area contributed by atoms with Gasteiger partial charge in [0.1, 0.15) is 18.3 Å². The molecule has 2 aromatic carbocycles. The van der Waals surface area contributed by atoms with E-state index in [1.807, 2.05) is 74.5 Å². The van der Waals surface area contributed by atoms with Crippen LogP contribution in [-0.2, 0) is 30.3 Å². The third-order valence-corrected chi connectivity index (χ3v) is 6.33. The fraction of sp³-hybridized carbons (Fsp3) is 0.571. The van der Waals surface area contributed by atoms with E-state index in [-0.39, 0.29) is 12.4 Å². The number of benzene rings is 2. The molecule has 6 nitrogen and oxygen atoms in total. The van der Waals surface area contributed by atoms with Crippen molar-refractivity contribution in [1.29, 1.82) is 0 Å². The molecule has 0 radical (unpaired) electrons. The van der Waals surface area contributed by atoms with Crippen LogP contribution in [0.3, 0.4) is 0 Å². The first-order valence-electron chi connectivity index (χ1n) is 12.5. The molecule has 6 heteroatoms. The quantitative estimate of drug-likeness (QED) is 0.458. The highest BCUT2D eigenvalue weighted by Gasteiger charge is 2.48. The van der Waals surface area contributed by atoms with E-state index in [1.54, 1.807) is 0 Å². The van der Waals surface area contributed by atoms with Gasteiger partial charge in [-0.3, -0.25) is 0 Å². The Labute approximate surface area is 203 Å². The molecule has 0 spiro atoms. The Balaban J connectivity index is 1.41. The van der Waals surface area contributed by atoms with Crippen LogP contribution in [0.25, 0.3) is 0 Å². The molecule has 2 fully saturated rings. The summed E-state index contributed by atoms with van der Waals surface area (Å²) in [5.74, 6) is -0.814. The topological polar surface area (TPSA) is 66.4 Å². The van der Waals surface area contributed by atoms with E-state index in [0.29, 0.717) is 19.6 Å². The molecule has 2 saturated heterocycles. The maximum Gasteiger partial charge on any atom is 0.164 e. The molecule has 2 heterocycles. The van der Waals surface area contributed by atoms with Crippen molar-refractivity contribution in [2.75, 3.05) is 13.2 Å².